The summed E-state index contributed by atoms with van der Waals surface area (Å²) in [4.78, 5) is 26.7. The van der Waals surface area contributed by atoms with Gasteiger partial charge in [-0.3, -0.25) is 9.59 Å². The Labute approximate surface area is 161 Å². The number of amides is 2. The normalized spacial score (nSPS) is 10.6. The highest BCUT2D eigenvalue weighted by Crippen LogP contribution is 2.23. The van der Waals surface area contributed by atoms with Gasteiger partial charge < -0.3 is 15.5 Å². The Morgan fingerprint density at radius 3 is 2.37 bits per heavy atom. The van der Waals surface area contributed by atoms with Gasteiger partial charge in [-0.1, -0.05) is 44.2 Å². The van der Waals surface area contributed by atoms with Crippen LogP contribution >= 0.6 is 0 Å². The summed E-state index contributed by atoms with van der Waals surface area (Å²) in [6, 6.07) is 15.3. The third-order valence-electron chi connectivity index (χ3n) is 4.16. The lowest BCUT2D eigenvalue weighted by atomic mass is 10.1. The summed E-state index contributed by atoms with van der Waals surface area (Å²) in [7, 11) is 3.79. The molecule has 2 amide bonds. The van der Waals surface area contributed by atoms with E-state index in [1.165, 1.54) is 0 Å². The number of aryl methyl sites for hydroxylation is 1. The second-order valence-corrected chi connectivity index (χ2v) is 7.26. The van der Waals surface area contributed by atoms with Crippen LogP contribution in [-0.4, -0.2) is 32.5 Å². The van der Waals surface area contributed by atoms with Crippen molar-refractivity contribution in [1.29, 1.82) is 0 Å². The summed E-state index contributed by atoms with van der Waals surface area (Å²) < 4.78 is 0. The molecule has 0 fully saturated rings. The highest BCUT2D eigenvalue weighted by Gasteiger charge is 2.15. The van der Waals surface area contributed by atoms with Crippen molar-refractivity contribution in [2.75, 3.05) is 30.9 Å². The van der Waals surface area contributed by atoms with Crippen molar-refractivity contribution in [3.8, 4) is 0 Å². The van der Waals surface area contributed by atoms with Crippen LogP contribution in [0, 0.1) is 5.92 Å². The molecule has 2 N–H and O–H groups in total. The molecule has 0 saturated carbocycles. The van der Waals surface area contributed by atoms with Gasteiger partial charge in [0.2, 0.25) is 5.91 Å². The number of nitrogens with zero attached hydrogens (tertiary/aromatic N) is 1. The fraction of sp³-hybridized carbons (Fsp3) is 0.364. The molecule has 0 aromatic heterocycles. The number of hydrogen-bond acceptors (Lipinski definition) is 3. The zero-order valence-corrected chi connectivity index (χ0v) is 16.6. The molecule has 0 spiro atoms. The standard InChI is InChI=1S/C22H29N3O2/c1-16(2)15-23-22(27)19-14-18(11-12-20(19)25(3)4)24-21(26)13-10-17-8-6-5-7-9-17/h5-9,11-12,14,16H,10,13,15H2,1-4H3,(H,23,27)(H,24,26). The molecular formula is C22H29N3O2. The topological polar surface area (TPSA) is 61.4 Å². The van der Waals surface area contributed by atoms with Gasteiger partial charge in [-0.2, -0.15) is 0 Å². The summed E-state index contributed by atoms with van der Waals surface area (Å²) in [6.45, 7) is 4.71. The molecule has 144 valence electrons. The van der Waals surface area contributed by atoms with Gasteiger partial charge >= 0.3 is 0 Å². The third-order valence-corrected chi connectivity index (χ3v) is 4.16. The smallest absolute Gasteiger partial charge is 0.253 e. The summed E-state index contributed by atoms with van der Waals surface area (Å²) >= 11 is 0. The second kappa shape index (κ2) is 9.76. The molecule has 0 heterocycles. The molecule has 0 bridgehead atoms. The minimum atomic E-state index is -0.132. The van der Waals surface area contributed by atoms with Gasteiger partial charge in [0.15, 0.2) is 0 Å². The lowest BCUT2D eigenvalue weighted by molar-refractivity contribution is -0.116. The van der Waals surface area contributed by atoms with E-state index >= 15 is 0 Å². The first-order valence-electron chi connectivity index (χ1n) is 9.30. The first-order chi connectivity index (χ1) is 12.9. The Hall–Kier alpha value is -2.82. The minimum absolute atomic E-state index is 0.0648. The lowest BCUT2D eigenvalue weighted by Crippen LogP contribution is -2.29. The van der Waals surface area contributed by atoms with Crippen LogP contribution in [0.15, 0.2) is 48.5 Å². The van der Waals surface area contributed by atoms with Crippen molar-refractivity contribution in [3.05, 3.63) is 59.7 Å². The van der Waals surface area contributed by atoms with Crippen LogP contribution in [0.4, 0.5) is 11.4 Å². The number of carbonyl (C=O) groups is 2. The van der Waals surface area contributed by atoms with Crippen LogP contribution in [0.1, 0.15) is 36.2 Å². The van der Waals surface area contributed by atoms with E-state index in [1.54, 1.807) is 6.07 Å². The Morgan fingerprint density at radius 2 is 1.74 bits per heavy atom. The van der Waals surface area contributed by atoms with Gasteiger partial charge in [0, 0.05) is 38.4 Å². The van der Waals surface area contributed by atoms with Crippen LogP contribution in [-0.2, 0) is 11.2 Å². The van der Waals surface area contributed by atoms with E-state index in [9.17, 15) is 9.59 Å². The molecule has 0 aliphatic heterocycles. The van der Waals surface area contributed by atoms with Crippen LogP contribution in [0.3, 0.4) is 0 Å². The van der Waals surface area contributed by atoms with Gasteiger partial charge in [-0.05, 0) is 36.1 Å². The van der Waals surface area contributed by atoms with Gasteiger partial charge in [0.25, 0.3) is 5.91 Å². The van der Waals surface area contributed by atoms with E-state index in [-0.39, 0.29) is 11.8 Å². The Morgan fingerprint density at radius 1 is 1.04 bits per heavy atom. The molecule has 0 aliphatic carbocycles. The summed E-state index contributed by atoms with van der Waals surface area (Å²) in [5.41, 5.74) is 3.14. The largest absolute Gasteiger partial charge is 0.377 e. The van der Waals surface area contributed by atoms with Crippen LogP contribution in [0.2, 0.25) is 0 Å². The van der Waals surface area contributed by atoms with Gasteiger partial charge in [-0.25, -0.2) is 0 Å². The molecule has 0 aliphatic rings. The number of nitrogens with one attached hydrogen (secondary N) is 2. The van der Waals surface area contributed by atoms with E-state index in [0.717, 1.165) is 11.3 Å². The summed E-state index contributed by atoms with van der Waals surface area (Å²) in [5, 5.41) is 5.84. The predicted molar refractivity (Wildman–Crippen MR) is 111 cm³/mol. The Bertz CT molecular complexity index is 770. The van der Waals surface area contributed by atoms with E-state index in [1.807, 2.05) is 61.5 Å². The first-order valence-corrected chi connectivity index (χ1v) is 9.30. The van der Waals surface area contributed by atoms with E-state index in [4.69, 9.17) is 0 Å². The van der Waals surface area contributed by atoms with E-state index < -0.39 is 0 Å². The molecule has 5 heteroatoms. The molecule has 2 aromatic rings. The number of benzene rings is 2. The third kappa shape index (κ3) is 6.44. The fourth-order valence-corrected chi connectivity index (χ4v) is 2.70. The Kier molecular flexibility index (Phi) is 7.41. The van der Waals surface area contributed by atoms with Crippen molar-refractivity contribution < 1.29 is 9.59 Å². The molecule has 0 radical (unpaired) electrons. The second-order valence-electron chi connectivity index (χ2n) is 7.26. The molecule has 0 atom stereocenters. The predicted octanol–water partition coefficient (Wildman–Crippen LogP) is 3.71. The van der Waals surface area contributed by atoms with Crippen molar-refractivity contribution in [1.82, 2.24) is 5.32 Å². The number of rotatable bonds is 8. The van der Waals surface area contributed by atoms with Crippen molar-refractivity contribution >= 4 is 23.2 Å². The molecular weight excluding hydrogens is 338 g/mol. The average Bonchev–Trinajstić information content (AvgIpc) is 2.65. The van der Waals surface area contributed by atoms with Gasteiger partial charge in [-0.15, -0.1) is 0 Å². The SMILES string of the molecule is CC(C)CNC(=O)c1cc(NC(=O)CCc2ccccc2)ccc1N(C)C. The number of anilines is 2. The van der Waals surface area contributed by atoms with Crippen molar-refractivity contribution in [2.45, 2.75) is 26.7 Å². The van der Waals surface area contributed by atoms with Crippen LogP contribution in [0.5, 0.6) is 0 Å². The summed E-state index contributed by atoms with van der Waals surface area (Å²) in [6.07, 6.45) is 1.08. The quantitative estimate of drug-likeness (QED) is 0.748. The fourth-order valence-electron chi connectivity index (χ4n) is 2.70. The van der Waals surface area contributed by atoms with Crippen LogP contribution < -0.4 is 15.5 Å². The van der Waals surface area contributed by atoms with Gasteiger partial charge in [0.1, 0.15) is 0 Å². The monoisotopic (exact) mass is 367 g/mol. The lowest BCUT2D eigenvalue weighted by Gasteiger charge is -2.19. The molecule has 0 unspecified atom stereocenters. The maximum absolute atomic E-state index is 12.6. The number of carbonyl (C=O) groups excluding carboxylic acids is 2. The minimum Gasteiger partial charge on any atom is -0.377 e. The Balaban J connectivity index is 2.06. The van der Waals surface area contributed by atoms with E-state index in [2.05, 4.69) is 24.5 Å². The highest BCUT2D eigenvalue weighted by molar-refractivity contribution is 6.02. The maximum atomic E-state index is 12.6. The van der Waals surface area contributed by atoms with Crippen molar-refractivity contribution in [2.24, 2.45) is 5.92 Å². The molecule has 2 rings (SSSR count). The summed E-state index contributed by atoms with van der Waals surface area (Å²) in [5.74, 6) is 0.176. The molecule has 5 nitrogen and oxygen atoms in total. The highest BCUT2D eigenvalue weighted by atomic mass is 16.2. The average molecular weight is 367 g/mol. The zero-order valence-electron chi connectivity index (χ0n) is 16.6. The van der Waals surface area contributed by atoms with Crippen molar-refractivity contribution in [3.63, 3.8) is 0 Å². The van der Waals surface area contributed by atoms with Gasteiger partial charge in [0.05, 0.1) is 5.56 Å². The number of hydrogen-bond donors (Lipinski definition) is 2. The van der Waals surface area contributed by atoms with E-state index in [0.29, 0.717) is 36.6 Å². The molecule has 27 heavy (non-hydrogen) atoms. The zero-order chi connectivity index (χ0) is 19.8. The molecule has 0 saturated heterocycles. The molecule has 2 aromatic carbocycles. The first kappa shape index (κ1) is 20.5. The maximum Gasteiger partial charge on any atom is 0.253 e. The van der Waals surface area contributed by atoms with Crippen LogP contribution in [0.25, 0.3) is 0 Å².